The average molecular weight is 196 g/mol. The van der Waals surface area contributed by atoms with Crippen molar-refractivity contribution in [3.8, 4) is 5.75 Å². The standard InChI is InChI=1S/C9H8O5/c1-4(10)7-3-6(12)8(13)9(14-7)5(2)11/h3,13H,1-2H3. The van der Waals surface area contributed by atoms with Crippen LogP contribution < -0.4 is 5.43 Å². The quantitative estimate of drug-likeness (QED) is 0.705. The Morgan fingerprint density at radius 1 is 1.29 bits per heavy atom. The van der Waals surface area contributed by atoms with E-state index >= 15 is 0 Å². The molecule has 0 aromatic carbocycles. The van der Waals surface area contributed by atoms with Crippen molar-refractivity contribution in [3.05, 3.63) is 27.8 Å². The molecule has 1 heterocycles. The van der Waals surface area contributed by atoms with Gasteiger partial charge in [0.25, 0.3) is 0 Å². The molecule has 0 atom stereocenters. The Kier molecular flexibility index (Phi) is 2.51. The highest BCUT2D eigenvalue weighted by molar-refractivity contribution is 5.96. The number of rotatable bonds is 2. The van der Waals surface area contributed by atoms with Crippen LogP contribution in [0, 0.1) is 0 Å². The highest BCUT2D eigenvalue weighted by atomic mass is 16.4. The highest BCUT2D eigenvalue weighted by Gasteiger charge is 2.16. The second kappa shape index (κ2) is 3.45. The molecule has 0 unspecified atom stereocenters. The van der Waals surface area contributed by atoms with E-state index in [1.807, 2.05) is 0 Å². The molecule has 5 nitrogen and oxygen atoms in total. The summed E-state index contributed by atoms with van der Waals surface area (Å²) >= 11 is 0. The van der Waals surface area contributed by atoms with Gasteiger partial charge in [0, 0.05) is 19.9 Å². The van der Waals surface area contributed by atoms with Gasteiger partial charge in [-0.25, -0.2) is 0 Å². The fourth-order valence-corrected chi connectivity index (χ4v) is 0.899. The minimum atomic E-state index is -0.799. The van der Waals surface area contributed by atoms with Gasteiger partial charge in [-0.2, -0.15) is 0 Å². The topological polar surface area (TPSA) is 84.6 Å². The van der Waals surface area contributed by atoms with Crippen LogP contribution >= 0.6 is 0 Å². The van der Waals surface area contributed by atoms with E-state index in [-0.39, 0.29) is 5.76 Å². The van der Waals surface area contributed by atoms with Gasteiger partial charge >= 0.3 is 0 Å². The van der Waals surface area contributed by atoms with Gasteiger partial charge in [-0.3, -0.25) is 14.4 Å². The molecule has 0 aliphatic carbocycles. The van der Waals surface area contributed by atoms with Gasteiger partial charge in [0.05, 0.1) is 0 Å². The zero-order valence-corrected chi connectivity index (χ0v) is 7.66. The SMILES string of the molecule is CC(=O)c1cc(=O)c(O)c(C(C)=O)o1. The van der Waals surface area contributed by atoms with Crippen LogP contribution in [0.5, 0.6) is 5.75 Å². The van der Waals surface area contributed by atoms with E-state index in [1.54, 1.807) is 0 Å². The van der Waals surface area contributed by atoms with Crippen LogP contribution in [-0.4, -0.2) is 16.7 Å². The third-order valence-electron chi connectivity index (χ3n) is 1.59. The maximum atomic E-state index is 11.1. The zero-order chi connectivity index (χ0) is 10.9. The van der Waals surface area contributed by atoms with Crippen LogP contribution in [0.15, 0.2) is 15.3 Å². The van der Waals surface area contributed by atoms with Crippen molar-refractivity contribution in [1.29, 1.82) is 0 Å². The molecule has 1 N–H and O–H groups in total. The second-order valence-electron chi connectivity index (χ2n) is 2.77. The van der Waals surface area contributed by atoms with E-state index in [1.165, 1.54) is 6.92 Å². The van der Waals surface area contributed by atoms with E-state index in [4.69, 9.17) is 9.52 Å². The van der Waals surface area contributed by atoms with Gasteiger partial charge in [-0.05, 0) is 0 Å². The first-order valence-corrected chi connectivity index (χ1v) is 3.82. The number of carbonyl (C=O) groups excluding carboxylic acids is 2. The van der Waals surface area contributed by atoms with Crippen molar-refractivity contribution in [3.63, 3.8) is 0 Å². The lowest BCUT2D eigenvalue weighted by atomic mass is 10.2. The Labute approximate surface area is 79.0 Å². The monoisotopic (exact) mass is 196 g/mol. The molecular weight excluding hydrogens is 188 g/mol. The first-order chi connectivity index (χ1) is 6.43. The minimum absolute atomic E-state index is 0.238. The molecule has 0 spiro atoms. The summed E-state index contributed by atoms with van der Waals surface area (Å²) in [5.74, 6) is -2.57. The molecule has 0 aliphatic heterocycles. The smallest absolute Gasteiger partial charge is 0.228 e. The highest BCUT2D eigenvalue weighted by Crippen LogP contribution is 2.14. The fraction of sp³-hybridized carbons (Fsp3) is 0.222. The van der Waals surface area contributed by atoms with E-state index in [9.17, 15) is 14.4 Å². The first kappa shape index (κ1) is 10.2. The molecular formula is C9H8O5. The molecule has 0 amide bonds. The maximum absolute atomic E-state index is 11.1. The molecule has 0 radical (unpaired) electrons. The minimum Gasteiger partial charge on any atom is -0.501 e. The summed E-state index contributed by atoms with van der Waals surface area (Å²) in [6.07, 6.45) is 0. The van der Waals surface area contributed by atoms with Gasteiger partial charge in [-0.15, -0.1) is 0 Å². The summed E-state index contributed by atoms with van der Waals surface area (Å²) in [5.41, 5.74) is -0.799. The third-order valence-corrected chi connectivity index (χ3v) is 1.59. The van der Waals surface area contributed by atoms with Crippen molar-refractivity contribution < 1.29 is 19.1 Å². The summed E-state index contributed by atoms with van der Waals surface area (Å²) < 4.78 is 4.76. The number of hydrogen-bond acceptors (Lipinski definition) is 5. The van der Waals surface area contributed by atoms with Gasteiger partial charge in [-0.1, -0.05) is 0 Å². The summed E-state index contributed by atoms with van der Waals surface area (Å²) in [6, 6.07) is 0.851. The summed E-state index contributed by atoms with van der Waals surface area (Å²) in [4.78, 5) is 32.8. The molecule has 0 saturated carbocycles. The van der Waals surface area contributed by atoms with Crippen LogP contribution in [-0.2, 0) is 0 Å². The number of carbonyl (C=O) groups is 2. The van der Waals surface area contributed by atoms with Crippen LogP contribution in [0.1, 0.15) is 35.0 Å². The zero-order valence-electron chi connectivity index (χ0n) is 7.66. The lowest BCUT2D eigenvalue weighted by molar-refractivity contribution is 0.0953. The fourth-order valence-electron chi connectivity index (χ4n) is 0.899. The molecule has 1 aromatic heterocycles. The molecule has 5 heteroatoms. The molecule has 1 aromatic rings. The summed E-state index contributed by atoms with van der Waals surface area (Å²) in [5, 5.41) is 9.14. The van der Waals surface area contributed by atoms with Crippen molar-refractivity contribution in [2.24, 2.45) is 0 Å². The largest absolute Gasteiger partial charge is 0.501 e. The van der Waals surface area contributed by atoms with E-state index in [0.717, 1.165) is 13.0 Å². The van der Waals surface area contributed by atoms with Crippen molar-refractivity contribution in [2.75, 3.05) is 0 Å². The van der Waals surface area contributed by atoms with Crippen LogP contribution in [0.4, 0.5) is 0 Å². The van der Waals surface area contributed by atoms with Crippen molar-refractivity contribution in [1.82, 2.24) is 0 Å². The third kappa shape index (κ3) is 1.71. The molecule has 0 fully saturated rings. The lowest BCUT2D eigenvalue weighted by Crippen LogP contribution is -2.09. The maximum Gasteiger partial charge on any atom is 0.228 e. The number of hydrogen-bond donors (Lipinski definition) is 1. The van der Waals surface area contributed by atoms with Gasteiger partial charge in [0.15, 0.2) is 17.3 Å². The Bertz CT molecular complexity index is 455. The Morgan fingerprint density at radius 2 is 1.86 bits per heavy atom. The Balaban J connectivity index is 3.51. The lowest BCUT2D eigenvalue weighted by Gasteiger charge is -2.00. The number of ketones is 2. The summed E-state index contributed by atoms with van der Waals surface area (Å²) in [6.45, 7) is 2.32. The van der Waals surface area contributed by atoms with Crippen LogP contribution in [0.25, 0.3) is 0 Å². The molecule has 0 saturated heterocycles. The van der Waals surface area contributed by atoms with Gasteiger partial charge in [0.2, 0.25) is 16.9 Å². The molecule has 0 bridgehead atoms. The van der Waals surface area contributed by atoms with E-state index in [2.05, 4.69) is 0 Å². The summed E-state index contributed by atoms with van der Waals surface area (Å²) in [7, 11) is 0. The van der Waals surface area contributed by atoms with Crippen molar-refractivity contribution >= 4 is 11.6 Å². The predicted octanol–water partition coefficient (Wildman–Crippen LogP) is 0.751. The first-order valence-electron chi connectivity index (χ1n) is 3.82. The van der Waals surface area contributed by atoms with Crippen molar-refractivity contribution in [2.45, 2.75) is 13.8 Å². The van der Waals surface area contributed by atoms with Gasteiger partial charge in [0.1, 0.15) is 0 Å². The Morgan fingerprint density at radius 3 is 2.29 bits per heavy atom. The average Bonchev–Trinajstić information content (AvgIpc) is 2.08. The van der Waals surface area contributed by atoms with Gasteiger partial charge < -0.3 is 9.52 Å². The van der Waals surface area contributed by atoms with Crippen LogP contribution in [0.3, 0.4) is 0 Å². The second-order valence-corrected chi connectivity index (χ2v) is 2.77. The number of aromatic hydroxyl groups is 1. The molecule has 1 rings (SSSR count). The van der Waals surface area contributed by atoms with E-state index in [0.29, 0.717) is 0 Å². The van der Waals surface area contributed by atoms with Crippen LogP contribution in [0.2, 0.25) is 0 Å². The van der Waals surface area contributed by atoms with E-state index < -0.39 is 28.5 Å². The predicted molar refractivity (Wildman–Crippen MR) is 46.7 cm³/mol. The molecule has 14 heavy (non-hydrogen) atoms. The molecule has 0 aliphatic rings. The Hall–Kier alpha value is -1.91. The number of Topliss-reactive ketones (excluding diaryl/α,β-unsaturated/α-hetero) is 2. The normalized spacial score (nSPS) is 9.86. The molecule has 74 valence electrons.